The van der Waals surface area contributed by atoms with Crippen molar-refractivity contribution in [3.8, 4) is 5.75 Å². The van der Waals surface area contributed by atoms with Crippen LogP contribution in [0.25, 0.3) is 0 Å². The number of rotatable bonds is 7. The summed E-state index contributed by atoms with van der Waals surface area (Å²) in [6, 6.07) is 14.4. The predicted molar refractivity (Wildman–Crippen MR) is 99.5 cm³/mol. The van der Waals surface area contributed by atoms with Crippen molar-refractivity contribution in [3.05, 3.63) is 59.7 Å². The number of carbonyl (C=O) groups excluding carboxylic acids is 2. The van der Waals surface area contributed by atoms with E-state index in [4.69, 9.17) is 4.74 Å². The minimum absolute atomic E-state index is 0.00502. The van der Waals surface area contributed by atoms with E-state index >= 15 is 0 Å². The lowest BCUT2D eigenvalue weighted by molar-refractivity contribution is 0.101. The topological polar surface area (TPSA) is 67.4 Å². The molecule has 2 N–H and O–H groups in total. The maximum atomic E-state index is 11.8. The molecule has 0 bridgehead atoms. The van der Waals surface area contributed by atoms with E-state index in [2.05, 4.69) is 24.5 Å². The van der Waals surface area contributed by atoms with Crippen LogP contribution in [0.4, 0.5) is 10.5 Å². The van der Waals surface area contributed by atoms with Crippen molar-refractivity contribution in [2.75, 3.05) is 18.5 Å². The van der Waals surface area contributed by atoms with Crippen molar-refractivity contribution >= 4 is 17.5 Å². The third kappa shape index (κ3) is 5.95. The zero-order valence-corrected chi connectivity index (χ0v) is 14.8. The third-order valence-corrected chi connectivity index (χ3v) is 3.75. The van der Waals surface area contributed by atoms with Crippen LogP contribution >= 0.6 is 0 Å². The highest BCUT2D eigenvalue weighted by atomic mass is 16.5. The van der Waals surface area contributed by atoms with E-state index in [1.807, 2.05) is 24.3 Å². The molecule has 0 radical (unpaired) electrons. The van der Waals surface area contributed by atoms with Crippen molar-refractivity contribution in [1.29, 1.82) is 0 Å². The van der Waals surface area contributed by atoms with Crippen molar-refractivity contribution in [2.24, 2.45) is 0 Å². The fourth-order valence-corrected chi connectivity index (χ4v) is 2.25. The molecule has 0 aliphatic carbocycles. The van der Waals surface area contributed by atoms with Crippen LogP contribution in [-0.4, -0.2) is 25.0 Å². The van der Waals surface area contributed by atoms with E-state index in [0.29, 0.717) is 30.3 Å². The number of ketones is 1. The molecule has 0 heterocycles. The highest BCUT2D eigenvalue weighted by Crippen LogP contribution is 2.18. The number of urea groups is 1. The lowest BCUT2D eigenvalue weighted by atomic mass is 10.0. The number of hydrogen-bond donors (Lipinski definition) is 2. The van der Waals surface area contributed by atoms with Crippen LogP contribution in [0.5, 0.6) is 5.75 Å². The van der Waals surface area contributed by atoms with Crippen LogP contribution in [0.3, 0.4) is 0 Å². The first-order valence-corrected chi connectivity index (χ1v) is 8.34. The molecular weight excluding hydrogens is 316 g/mol. The van der Waals surface area contributed by atoms with Gasteiger partial charge in [-0.25, -0.2) is 4.79 Å². The highest BCUT2D eigenvalue weighted by molar-refractivity contribution is 5.95. The van der Waals surface area contributed by atoms with Crippen LogP contribution in [0.1, 0.15) is 42.6 Å². The second-order valence-electron chi connectivity index (χ2n) is 6.09. The van der Waals surface area contributed by atoms with E-state index in [1.165, 1.54) is 12.5 Å². The molecule has 0 aromatic heterocycles. The van der Waals surface area contributed by atoms with Crippen LogP contribution in [-0.2, 0) is 0 Å². The Morgan fingerprint density at radius 2 is 1.64 bits per heavy atom. The molecule has 5 nitrogen and oxygen atoms in total. The Morgan fingerprint density at radius 1 is 1.00 bits per heavy atom. The maximum absolute atomic E-state index is 11.8. The smallest absolute Gasteiger partial charge is 0.319 e. The Kier molecular flexibility index (Phi) is 6.57. The molecule has 132 valence electrons. The van der Waals surface area contributed by atoms with Gasteiger partial charge in [0.2, 0.25) is 0 Å². The van der Waals surface area contributed by atoms with Gasteiger partial charge in [-0.15, -0.1) is 0 Å². The summed E-state index contributed by atoms with van der Waals surface area (Å²) in [5, 5.41) is 5.44. The van der Waals surface area contributed by atoms with E-state index in [9.17, 15) is 9.59 Å². The van der Waals surface area contributed by atoms with Gasteiger partial charge in [-0.05, 0) is 54.8 Å². The largest absolute Gasteiger partial charge is 0.492 e. The fraction of sp³-hybridized carbons (Fsp3) is 0.300. The lowest BCUT2D eigenvalue weighted by Crippen LogP contribution is -2.32. The van der Waals surface area contributed by atoms with Crippen molar-refractivity contribution in [1.82, 2.24) is 5.32 Å². The summed E-state index contributed by atoms with van der Waals surface area (Å²) < 4.78 is 5.60. The van der Waals surface area contributed by atoms with E-state index in [1.54, 1.807) is 24.3 Å². The van der Waals surface area contributed by atoms with Gasteiger partial charge in [0, 0.05) is 11.3 Å². The van der Waals surface area contributed by atoms with E-state index in [-0.39, 0.29) is 11.8 Å². The van der Waals surface area contributed by atoms with Crippen molar-refractivity contribution < 1.29 is 14.3 Å². The Hall–Kier alpha value is -2.82. The maximum Gasteiger partial charge on any atom is 0.319 e. The first-order chi connectivity index (χ1) is 12.0. The number of ether oxygens (including phenoxy) is 1. The molecule has 0 aliphatic heterocycles. The molecule has 0 saturated heterocycles. The van der Waals surface area contributed by atoms with Gasteiger partial charge in [-0.3, -0.25) is 4.79 Å². The highest BCUT2D eigenvalue weighted by Gasteiger charge is 2.03. The Morgan fingerprint density at radius 3 is 2.20 bits per heavy atom. The number of Topliss-reactive ketones (excluding diaryl/α,β-unsaturated/α-hetero) is 1. The predicted octanol–water partition coefficient (Wildman–Crippen LogP) is 4.21. The SMILES string of the molecule is CC(=O)c1ccc(NC(=O)NCCOc2ccc(C(C)C)cc2)cc1. The minimum Gasteiger partial charge on any atom is -0.492 e. The zero-order chi connectivity index (χ0) is 18.2. The van der Waals surface area contributed by atoms with Gasteiger partial charge in [0.15, 0.2) is 5.78 Å². The van der Waals surface area contributed by atoms with Gasteiger partial charge in [-0.1, -0.05) is 26.0 Å². The Balaban J connectivity index is 1.70. The van der Waals surface area contributed by atoms with Gasteiger partial charge < -0.3 is 15.4 Å². The molecule has 0 unspecified atom stereocenters. The molecular formula is C20H24N2O3. The molecule has 0 atom stereocenters. The number of hydrogen-bond acceptors (Lipinski definition) is 3. The van der Waals surface area contributed by atoms with Gasteiger partial charge in [-0.2, -0.15) is 0 Å². The lowest BCUT2D eigenvalue weighted by Gasteiger charge is -2.10. The van der Waals surface area contributed by atoms with Gasteiger partial charge in [0.1, 0.15) is 12.4 Å². The summed E-state index contributed by atoms with van der Waals surface area (Å²) in [4.78, 5) is 23.0. The van der Waals surface area contributed by atoms with Gasteiger partial charge in [0.25, 0.3) is 0 Å². The fourth-order valence-electron chi connectivity index (χ4n) is 2.25. The van der Waals surface area contributed by atoms with E-state index in [0.717, 1.165) is 5.75 Å². The van der Waals surface area contributed by atoms with Gasteiger partial charge >= 0.3 is 6.03 Å². The summed E-state index contributed by atoms with van der Waals surface area (Å²) in [5.41, 5.74) is 2.51. The molecule has 25 heavy (non-hydrogen) atoms. The molecule has 5 heteroatoms. The number of benzene rings is 2. The first kappa shape index (κ1) is 18.5. The molecule has 2 aromatic carbocycles. The van der Waals surface area contributed by atoms with Crippen LogP contribution in [0.15, 0.2) is 48.5 Å². The number of carbonyl (C=O) groups is 2. The van der Waals surface area contributed by atoms with Crippen molar-refractivity contribution in [2.45, 2.75) is 26.7 Å². The quantitative estimate of drug-likeness (QED) is 0.586. The number of anilines is 1. The molecule has 2 amide bonds. The van der Waals surface area contributed by atoms with Crippen LogP contribution in [0, 0.1) is 0 Å². The molecule has 2 aromatic rings. The molecule has 2 rings (SSSR count). The summed E-state index contributed by atoms with van der Waals surface area (Å²) in [7, 11) is 0. The normalized spacial score (nSPS) is 10.4. The number of nitrogens with one attached hydrogen (secondary N) is 2. The minimum atomic E-state index is -0.311. The zero-order valence-electron chi connectivity index (χ0n) is 14.8. The second-order valence-corrected chi connectivity index (χ2v) is 6.09. The number of amides is 2. The van der Waals surface area contributed by atoms with Crippen molar-refractivity contribution in [3.63, 3.8) is 0 Å². The van der Waals surface area contributed by atoms with Crippen LogP contribution < -0.4 is 15.4 Å². The van der Waals surface area contributed by atoms with E-state index < -0.39 is 0 Å². The summed E-state index contributed by atoms with van der Waals surface area (Å²) >= 11 is 0. The Labute approximate surface area is 148 Å². The summed E-state index contributed by atoms with van der Waals surface area (Å²) in [6.45, 7) is 6.57. The average molecular weight is 340 g/mol. The average Bonchev–Trinajstić information content (AvgIpc) is 2.59. The third-order valence-electron chi connectivity index (χ3n) is 3.75. The second kappa shape index (κ2) is 8.87. The van der Waals surface area contributed by atoms with Gasteiger partial charge in [0.05, 0.1) is 6.54 Å². The summed E-state index contributed by atoms with van der Waals surface area (Å²) in [5.74, 6) is 1.27. The molecule has 0 saturated carbocycles. The monoisotopic (exact) mass is 340 g/mol. The molecule has 0 aliphatic rings. The summed E-state index contributed by atoms with van der Waals surface area (Å²) in [6.07, 6.45) is 0. The molecule has 0 fully saturated rings. The Bertz CT molecular complexity index is 707. The van der Waals surface area contributed by atoms with Crippen LogP contribution in [0.2, 0.25) is 0 Å². The standard InChI is InChI=1S/C20H24N2O3/c1-14(2)16-6-10-19(11-7-16)25-13-12-21-20(24)22-18-8-4-17(5-9-18)15(3)23/h4-11,14H,12-13H2,1-3H3,(H2,21,22,24). The first-order valence-electron chi connectivity index (χ1n) is 8.34. The molecule has 0 spiro atoms.